The van der Waals surface area contributed by atoms with E-state index < -0.39 is 22.3 Å². The van der Waals surface area contributed by atoms with E-state index in [-0.39, 0.29) is 5.56 Å². The number of benzene rings is 1. The van der Waals surface area contributed by atoms with E-state index in [0.29, 0.717) is 12.1 Å². The van der Waals surface area contributed by atoms with E-state index in [1.807, 2.05) is 11.4 Å². The summed E-state index contributed by atoms with van der Waals surface area (Å²) >= 11 is 6.84. The standard InChI is InChI=1S/C11H5BrF3IS/c12-11(5-1-9(16)17-4-5)10-7(14)2-6(13)3-8(10)15/h1-4,11H. The second kappa shape index (κ2) is 5.27. The van der Waals surface area contributed by atoms with Gasteiger partial charge in [-0.3, -0.25) is 0 Å². The molecule has 2 aromatic rings. The first kappa shape index (κ1) is 13.4. The molecule has 0 N–H and O–H groups in total. The zero-order valence-electron chi connectivity index (χ0n) is 8.18. The third kappa shape index (κ3) is 2.85. The molecule has 6 heteroatoms. The molecule has 2 rings (SSSR count). The van der Waals surface area contributed by atoms with Gasteiger partial charge in [0.2, 0.25) is 0 Å². The highest BCUT2D eigenvalue weighted by atomic mass is 127. The van der Waals surface area contributed by atoms with Gasteiger partial charge < -0.3 is 0 Å². The molecule has 0 nitrogen and oxygen atoms in total. The monoisotopic (exact) mass is 432 g/mol. The van der Waals surface area contributed by atoms with Crippen molar-refractivity contribution in [3.05, 3.63) is 55.0 Å². The molecule has 17 heavy (non-hydrogen) atoms. The summed E-state index contributed by atoms with van der Waals surface area (Å²) in [4.78, 5) is -0.608. The van der Waals surface area contributed by atoms with Crippen molar-refractivity contribution in [1.29, 1.82) is 0 Å². The van der Waals surface area contributed by atoms with E-state index in [1.165, 1.54) is 11.3 Å². The van der Waals surface area contributed by atoms with Gasteiger partial charge in [-0.1, -0.05) is 15.9 Å². The van der Waals surface area contributed by atoms with Crippen LogP contribution in [0.4, 0.5) is 13.2 Å². The lowest BCUT2D eigenvalue weighted by Gasteiger charge is -2.11. The van der Waals surface area contributed by atoms with Crippen LogP contribution in [0.25, 0.3) is 0 Å². The van der Waals surface area contributed by atoms with Crippen molar-refractivity contribution in [1.82, 2.24) is 0 Å². The van der Waals surface area contributed by atoms with Crippen molar-refractivity contribution in [2.24, 2.45) is 0 Å². The van der Waals surface area contributed by atoms with Crippen molar-refractivity contribution in [3.63, 3.8) is 0 Å². The Bertz CT molecular complexity index is 532. The zero-order chi connectivity index (χ0) is 12.6. The van der Waals surface area contributed by atoms with Crippen LogP contribution in [-0.4, -0.2) is 0 Å². The summed E-state index contributed by atoms with van der Waals surface area (Å²) in [6.07, 6.45) is 0. The fraction of sp³-hybridized carbons (Fsp3) is 0.0909. The van der Waals surface area contributed by atoms with Crippen LogP contribution < -0.4 is 0 Å². The van der Waals surface area contributed by atoms with Crippen molar-refractivity contribution in [3.8, 4) is 0 Å². The van der Waals surface area contributed by atoms with Crippen molar-refractivity contribution in [2.75, 3.05) is 0 Å². The lowest BCUT2D eigenvalue weighted by molar-refractivity contribution is 0.527. The van der Waals surface area contributed by atoms with Crippen LogP contribution in [0.1, 0.15) is 16.0 Å². The fourth-order valence-electron chi connectivity index (χ4n) is 1.42. The average molecular weight is 433 g/mol. The number of alkyl halides is 1. The molecule has 1 atom stereocenters. The van der Waals surface area contributed by atoms with Gasteiger partial charge in [0, 0.05) is 17.7 Å². The lowest BCUT2D eigenvalue weighted by Crippen LogP contribution is -2.01. The molecular weight excluding hydrogens is 428 g/mol. The first-order valence-electron chi connectivity index (χ1n) is 4.51. The number of hydrogen-bond donors (Lipinski definition) is 0. The van der Waals surface area contributed by atoms with Gasteiger partial charge in [0.1, 0.15) is 17.5 Å². The number of rotatable bonds is 2. The predicted octanol–water partition coefficient (Wildman–Crippen LogP) is 5.25. The quantitative estimate of drug-likeness (QED) is 0.449. The van der Waals surface area contributed by atoms with E-state index >= 15 is 0 Å². The molecule has 0 aliphatic rings. The minimum absolute atomic E-state index is 0.166. The Morgan fingerprint density at radius 2 is 1.71 bits per heavy atom. The third-order valence-electron chi connectivity index (χ3n) is 2.18. The van der Waals surface area contributed by atoms with Crippen LogP contribution in [0.5, 0.6) is 0 Å². The van der Waals surface area contributed by atoms with Gasteiger partial charge in [0.05, 0.1) is 7.71 Å². The third-order valence-corrected chi connectivity index (χ3v) is 4.97. The molecule has 0 saturated heterocycles. The zero-order valence-corrected chi connectivity index (χ0v) is 12.7. The Balaban J connectivity index is 2.47. The first-order chi connectivity index (χ1) is 7.99. The minimum atomic E-state index is -0.914. The van der Waals surface area contributed by atoms with E-state index in [2.05, 4.69) is 38.5 Å². The maximum atomic E-state index is 13.5. The molecule has 90 valence electrons. The van der Waals surface area contributed by atoms with Crippen LogP contribution in [-0.2, 0) is 0 Å². The summed E-state index contributed by atoms with van der Waals surface area (Å²) in [6, 6.07) is 3.20. The number of thiophene rings is 1. The molecule has 1 unspecified atom stereocenters. The topological polar surface area (TPSA) is 0 Å². The molecule has 0 spiro atoms. The van der Waals surface area contributed by atoms with Crippen LogP contribution in [0.3, 0.4) is 0 Å². The SMILES string of the molecule is Fc1cc(F)c(C(Br)c2csc(I)c2)c(F)c1. The fourth-order valence-corrected chi connectivity index (χ4v) is 3.69. The van der Waals surface area contributed by atoms with Crippen LogP contribution >= 0.6 is 49.9 Å². The highest BCUT2D eigenvalue weighted by molar-refractivity contribution is 14.1. The summed E-state index contributed by atoms with van der Waals surface area (Å²) in [5.41, 5.74) is 0.587. The summed E-state index contributed by atoms with van der Waals surface area (Å²) < 4.78 is 40.9. The highest BCUT2D eigenvalue weighted by Crippen LogP contribution is 2.36. The molecule has 0 aliphatic heterocycles. The normalized spacial score (nSPS) is 12.8. The number of halogens is 5. The largest absolute Gasteiger partial charge is 0.207 e. The average Bonchev–Trinajstić information content (AvgIpc) is 2.63. The van der Waals surface area contributed by atoms with Crippen molar-refractivity contribution < 1.29 is 13.2 Å². The molecular formula is C11H5BrF3IS. The van der Waals surface area contributed by atoms with Gasteiger partial charge in [-0.2, -0.15) is 0 Å². The lowest BCUT2D eigenvalue weighted by atomic mass is 10.1. The molecule has 0 aliphatic carbocycles. The molecule has 0 saturated carbocycles. The van der Waals surface area contributed by atoms with Gasteiger partial charge in [-0.15, -0.1) is 11.3 Å². The Labute approximate surface area is 122 Å². The van der Waals surface area contributed by atoms with E-state index in [1.54, 1.807) is 0 Å². The van der Waals surface area contributed by atoms with Gasteiger partial charge in [-0.25, -0.2) is 13.2 Å². The Kier molecular flexibility index (Phi) is 4.14. The van der Waals surface area contributed by atoms with Crippen molar-refractivity contribution in [2.45, 2.75) is 4.83 Å². The van der Waals surface area contributed by atoms with Gasteiger partial charge in [0.25, 0.3) is 0 Å². The second-order valence-corrected chi connectivity index (χ2v) is 7.05. The minimum Gasteiger partial charge on any atom is -0.207 e. The van der Waals surface area contributed by atoms with Gasteiger partial charge in [-0.05, 0) is 39.6 Å². The van der Waals surface area contributed by atoms with Gasteiger partial charge >= 0.3 is 0 Å². The summed E-state index contributed by atoms with van der Waals surface area (Å²) in [7, 11) is 0. The molecule has 1 aromatic carbocycles. The molecule has 0 bridgehead atoms. The van der Waals surface area contributed by atoms with Crippen LogP contribution in [0.2, 0.25) is 0 Å². The summed E-state index contributed by atoms with van der Waals surface area (Å²) in [5.74, 6) is -2.68. The van der Waals surface area contributed by atoms with Crippen molar-refractivity contribution >= 4 is 49.9 Å². The van der Waals surface area contributed by atoms with Crippen LogP contribution in [0, 0.1) is 20.3 Å². The Morgan fingerprint density at radius 1 is 1.12 bits per heavy atom. The predicted molar refractivity (Wildman–Crippen MR) is 74.1 cm³/mol. The van der Waals surface area contributed by atoms with Gasteiger partial charge in [0.15, 0.2) is 0 Å². The molecule has 0 radical (unpaired) electrons. The summed E-state index contributed by atoms with van der Waals surface area (Å²) in [5, 5.41) is 1.81. The molecule has 1 heterocycles. The van der Waals surface area contributed by atoms with Crippen LogP contribution in [0.15, 0.2) is 23.6 Å². The maximum Gasteiger partial charge on any atom is 0.133 e. The molecule has 1 aromatic heterocycles. The summed E-state index contributed by atoms with van der Waals surface area (Å²) in [6.45, 7) is 0. The van der Waals surface area contributed by atoms with E-state index in [9.17, 15) is 13.2 Å². The second-order valence-electron chi connectivity index (χ2n) is 3.33. The first-order valence-corrected chi connectivity index (χ1v) is 7.39. The smallest absolute Gasteiger partial charge is 0.133 e. The maximum absolute atomic E-state index is 13.5. The molecule has 0 fully saturated rings. The Morgan fingerprint density at radius 3 is 2.18 bits per heavy atom. The highest BCUT2D eigenvalue weighted by Gasteiger charge is 2.21. The van der Waals surface area contributed by atoms with E-state index in [0.717, 1.165) is 8.45 Å². The number of hydrogen-bond acceptors (Lipinski definition) is 1. The molecule has 0 amide bonds. The van der Waals surface area contributed by atoms with E-state index in [4.69, 9.17) is 0 Å². The Hall–Kier alpha value is -0.0800.